The van der Waals surface area contributed by atoms with Crippen molar-refractivity contribution in [2.75, 3.05) is 30.3 Å². The maximum Gasteiger partial charge on any atom is 0.245 e. The first kappa shape index (κ1) is 13.5. The first-order chi connectivity index (χ1) is 8.41. The Balaban J connectivity index is 2.33. The normalized spacial score (nSPS) is 18.9. The minimum Gasteiger partial charge on any atom is -0.398 e. The van der Waals surface area contributed by atoms with Crippen molar-refractivity contribution in [3.8, 4) is 0 Å². The van der Waals surface area contributed by atoms with E-state index in [2.05, 4.69) is 0 Å². The molecule has 1 fully saturated rings. The van der Waals surface area contributed by atoms with Crippen LogP contribution in [0.4, 0.5) is 5.69 Å². The van der Waals surface area contributed by atoms with Gasteiger partial charge in [-0.3, -0.25) is 4.21 Å². The van der Waals surface area contributed by atoms with Gasteiger partial charge in [0, 0.05) is 35.4 Å². The summed E-state index contributed by atoms with van der Waals surface area (Å²) in [5.74, 6) is 0.788. The van der Waals surface area contributed by atoms with E-state index < -0.39 is 20.8 Å². The molecular weight excluding hydrogens is 272 g/mol. The average molecular weight is 288 g/mol. The number of anilines is 1. The van der Waals surface area contributed by atoms with Crippen LogP contribution in [0.5, 0.6) is 0 Å². The van der Waals surface area contributed by atoms with Crippen LogP contribution in [0.25, 0.3) is 0 Å². The molecule has 0 aromatic heterocycles. The minimum atomic E-state index is -3.56. The standard InChI is InChI=1S/C11H16N2O3S2/c1-9-2-3-11(10(12)8-9)18(15,16)13-4-6-17(14)7-5-13/h2-3,8H,4-7,12H2,1H3. The van der Waals surface area contributed by atoms with Gasteiger partial charge in [0.25, 0.3) is 0 Å². The molecule has 0 unspecified atom stereocenters. The smallest absolute Gasteiger partial charge is 0.245 e. The Labute approximate surface area is 109 Å². The Morgan fingerprint density at radius 3 is 2.44 bits per heavy atom. The highest BCUT2D eigenvalue weighted by atomic mass is 32.2. The third kappa shape index (κ3) is 2.57. The Bertz CT molecular complexity index is 574. The van der Waals surface area contributed by atoms with E-state index in [1.165, 1.54) is 10.4 Å². The number of hydrogen-bond donors (Lipinski definition) is 1. The number of hydrogen-bond acceptors (Lipinski definition) is 4. The molecule has 0 radical (unpaired) electrons. The Kier molecular flexibility index (Phi) is 3.74. The highest BCUT2D eigenvalue weighted by molar-refractivity contribution is 7.89. The van der Waals surface area contributed by atoms with Crippen LogP contribution in [0.1, 0.15) is 5.56 Å². The van der Waals surface area contributed by atoms with E-state index in [0.29, 0.717) is 24.6 Å². The molecule has 1 saturated heterocycles. The number of sulfonamides is 1. The van der Waals surface area contributed by atoms with Crippen LogP contribution in [0.2, 0.25) is 0 Å². The van der Waals surface area contributed by atoms with Gasteiger partial charge in [-0.1, -0.05) is 6.07 Å². The lowest BCUT2D eigenvalue weighted by Gasteiger charge is -2.26. The summed E-state index contributed by atoms with van der Waals surface area (Å²) in [6, 6.07) is 4.91. The van der Waals surface area contributed by atoms with Gasteiger partial charge in [-0.2, -0.15) is 4.31 Å². The van der Waals surface area contributed by atoms with E-state index in [0.717, 1.165) is 5.56 Å². The molecule has 1 aromatic rings. The molecule has 0 amide bonds. The van der Waals surface area contributed by atoms with Crippen LogP contribution in [0, 0.1) is 6.92 Å². The van der Waals surface area contributed by atoms with Crippen LogP contribution in [0.15, 0.2) is 23.1 Å². The second kappa shape index (κ2) is 4.99. The zero-order valence-corrected chi connectivity index (χ0v) is 11.8. The molecule has 1 heterocycles. The van der Waals surface area contributed by atoms with Gasteiger partial charge in [0.1, 0.15) is 4.90 Å². The molecule has 0 aliphatic carbocycles. The zero-order chi connectivity index (χ0) is 13.3. The molecular formula is C11H16N2O3S2. The first-order valence-electron chi connectivity index (χ1n) is 5.62. The van der Waals surface area contributed by atoms with Crippen molar-refractivity contribution in [1.82, 2.24) is 4.31 Å². The highest BCUT2D eigenvalue weighted by Crippen LogP contribution is 2.24. The lowest BCUT2D eigenvalue weighted by molar-refractivity contribution is 0.439. The third-order valence-corrected chi connectivity index (χ3v) is 6.17. The fourth-order valence-corrected chi connectivity index (χ4v) is 4.72. The summed E-state index contributed by atoms with van der Waals surface area (Å²) in [5.41, 5.74) is 6.96. The van der Waals surface area contributed by atoms with Gasteiger partial charge in [-0.05, 0) is 24.6 Å². The number of nitrogen functional groups attached to an aromatic ring is 1. The number of aryl methyl sites for hydroxylation is 1. The van der Waals surface area contributed by atoms with E-state index in [1.54, 1.807) is 12.1 Å². The molecule has 1 aliphatic heterocycles. The van der Waals surface area contributed by atoms with E-state index in [1.807, 2.05) is 6.92 Å². The molecule has 0 bridgehead atoms. The van der Waals surface area contributed by atoms with E-state index in [9.17, 15) is 12.6 Å². The van der Waals surface area contributed by atoms with Crippen molar-refractivity contribution < 1.29 is 12.6 Å². The summed E-state index contributed by atoms with van der Waals surface area (Å²) in [5, 5.41) is 0. The lowest BCUT2D eigenvalue weighted by Crippen LogP contribution is -2.41. The summed E-state index contributed by atoms with van der Waals surface area (Å²) in [4.78, 5) is 0.140. The molecule has 0 atom stereocenters. The van der Waals surface area contributed by atoms with Crippen molar-refractivity contribution in [2.24, 2.45) is 0 Å². The largest absolute Gasteiger partial charge is 0.398 e. The van der Waals surface area contributed by atoms with Gasteiger partial charge in [0.2, 0.25) is 10.0 Å². The average Bonchev–Trinajstić information content (AvgIpc) is 2.29. The Hall–Kier alpha value is -0.920. The zero-order valence-electron chi connectivity index (χ0n) is 10.1. The predicted octanol–water partition coefficient (Wildman–Crippen LogP) is 0.330. The molecule has 18 heavy (non-hydrogen) atoms. The van der Waals surface area contributed by atoms with Crippen LogP contribution in [0.3, 0.4) is 0 Å². The Morgan fingerprint density at radius 2 is 1.89 bits per heavy atom. The molecule has 2 rings (SSSR count). The molecule has 5 nitrogen and oxygen atoms in total. The number of nitrogens with zero attached hydrogens (tertiary/aromatic N) is 1. The summed E-state index contributed by atoms with van der Waals surface area (Å²) >= 11 is 0. The van der Waals surface area contributed by atoms with Gasteiger partial charge in [0.15, 0.2) is 0 Å². The third-order valence-electron chi connectivity index (χ3n) is 2.92. The topological polar surface area (TPSA) is 80.5 Å². The maximum atomic E-state index is 12.4. The minimum absolute atomic E-state index is 0.140. The SMILES string of the molecule is Cc1ccc(S(=O)(=O)N2CCS(=O)CC2)c(N)c1. The van der Waals surface area contributed by atoms with Crippen molar-refractivity contribution in [1.29, 1.82) is 0 Å². The van der Waals surface area contributed by atoms with Gasteiger partial charge in [0.05, 0.1) is 5.69 Å². The fourth-order valence-electron chi connectivity index (χ4n) is 1.90. The van der Waals surface area contributed by atoms with Crippen molar-refractivity contribution in [3.05, 3.63) is 23.8 Å². The number of nitrogens with two attached hydrogens (primary N) is 1. The number of rotatable bonds is 2. The van der Waals surface area contributed by atoms with Gasteiger partial charge in [-0.25, -0.2) is 8.42 Å². The second-order valence-corrected chi connectivity index (χ2v) is 7.90. The summed E-state index contributed by atoms with van der Waals surface area (Å²) in [7, 11) is -4.46. The monoisotopic (exact) mass is 288 g/mol. The van der Waals surface area contributed by atoms with Crippen LogP contribution in [-0.4, -0.2) is 41.5 Å². The summed E-state index contributed by atoms with van der Waals surface area (Å²) < 4.78 is 37.4. The quantitative estimate of drug-likeness (QED) is 0.795. The fraction of sp³-hybridized carbons (Fsp3) is 0.455. The molecule has 2 N–H and O–H groups in total. The number of benzene rings is 1. The van der Waals surface area contributed by atoms with E-state index >= 15 is 0 Å². The van der Waals surface area contributed by atoms with Crippen LogP contribution < -0.4 is 5.73 Å². The van der Waals surface area contributed by atoms with Crippen LogP contribution >= 0.6 is 0 Å². The molecule has 1 aliphatic rings. The molecule has 100 valence electrons. The van der Waals surface area contributed by atoms with Crippen molar-refractivity contribution in [3.63, 3.8) is 0 Å². The second-order valence-electron chi connectivity index (χ2n) is 4.29. The van der Waals surface area contributed by atoms with Gasteiger partial charge < -0.3 is 5.73 Å². The Morgan fingerprint density at radius 1 is 1.28 bits per heavy atom. The predicted molar refractivity (Wildman–Crippen MR) is 72.2 cm³/mol. The first-order valence-corrected chi connectivity index (χ1v) is 8.55. The maximum absolute atomic E-state index is 12.4. The molecule has 0 saturated carbocycles. The van der Waals surface area contributed by atoms with E-state index in [4.69, 9.17) is 5.73 Å². The van der Waals surface area contributed by atoms with E-state index in [-0.39, 0.29) is 10.6 Å². The summed E-state index contributed by atoms with van der Waals surface area (Å²) in [6.07, 6.45) is 0. The lowest BCUT2D eigenvalue weighted by atomic mass is 10.2. The summed E-state index contributed by atoms with van der Waals surface area (Å²) in [6.45, 7) is 2.45. The van der Waals surface area contributed by atoms with Gasteiger partial charge >= 0.3 is 0 Å². The van der Waals surface area contributed by atoms with Crippen LogP contribution in [-0.2, 0) is 20.8 Å². The van der Waals surface area contributed by atoms with Gasteiger partial charge in [-0.15, -0.1) is 0 Å². The molecule has 1 aromatic carbocycles. The van der Waals surface area contributed by atoms with Crippen molar-refractivity contribution >= 4 is 26.5 Å². The molecule has 7 heteroatoms. The molecule has 0 spiro atoms. The highest BCUT2D eigenvalue weighted by Gasteiger charge is 2.29. The van der Waals surface area contributed by atoms with Crippen molar-refractivity contribution in [2.45, 2.75) is 11.8 Å².